The summed E-state index contributed by atoms with van der Waals surface area (Å²) in [6.45, 7) is 0.457. The fourth-order valence-corrected chi connectivity index (χ4v) is 2.64. The van der Waals surface area contributed by atoms with E-state index in [4.69, 9.17) is 4.74 Å². The van der Waals surface area contributed by atoms with Gasteiger partial charge in [0.15, 0.2) is 0 Å². The number of hydrogen-bond acceptors (Lipinski definition) is 4. The maximum absolute atomic E-state index is 12.2. The van der Waals surface area contributed by atoms with Crippen LogP contribution >= 0.6 is 0 Å². The molecule has 3 aromatic rings. The summed E-state index contributed by atoms with van der Waals surface area (Å²) >= 11 is 0. The number of carboxylic acids is 1. The van der Waals surface area contributed by atoms with E-state index in [1.807, 2.05) is 30.3 Å². The number of amides is 1. The normalized spacial score (nSPS) is 11.4. The molecule has 0 unspecified atom stereocenters. The summed E-state index contributed by atoms with van der Waals surface area (Å²) in [5, 5.41) is 12.0. The number of ether oxygens (including phenoxy) is 1. The maximum atomic E-state index is 12.2. The molecule has 3 rings (SSSR count). The van der Waals surface area contributed by atoms with Crippen molar-refractivity contribution >= 4 is 11.9 Å². The minimum atomic E-state index is -1.10. The zero-order chi connectivity index (χ0) is 19.8. The largest absolute Gasteiger partial charge is 0.489 e. The number of nitrogens with one attached hydrogen (secondary N) is 1. The highest BCUT2D eigenvalue weighted by molar-refractivity contribution is 5.96. The quantitative estimate of drug-likeness (QED) is 0.631. The summed E-state index contributed by atoms with van der Waals surface area (Å²) in [6.07, 6.45) is 3.11. The van der Waals surface area contributed by atoms with Gasteiger partial charge >= 0.3 is 5.97 Å². The van der Waals surface area contributed by atoms with Crippen LogP contribution in [-0.4, -0.2) is 28.0 Å². The minimum absolute atomic E-state index is 0.167. The first-order valence-corrected chi connectivity index (χ1v) is 8.81. The van der Waals surface area contributed by atoms with Crippen LogP contribution in [0.25, 0.3) is 0 Å². The molecule has 0 bridgehead atoms. The average Bonchev–Trinajstić information content (AvgIpc) is 2.74. The lowest BCUT2D eigenvalue weighted by molar-refractivity contribution is -0.139. The number of rotatable bonds is 8. The van der Waals surface area contributed by atoms with E-state index in [1.54, 1.807) is 42.6 Å². The predicted molar refractivity (Wildman–Crippen MR) is 104 cm³/mol. The highest BCUT2D eigenvalue weighted by Gasteiger charge is 2.21. The molecular weight excluding hydrogens is 356 g/mol. The fraction of sp³-hybridized carbons (Fsp3) is 0.136. The Morgan fingerprint density at radius 1 is 0.964 bits per heavy atom. The van der Waals surface area contributed by atoms with Crippen LogP contribution < -0.4 is 10.1 Å². The van der Waals surface area contributed by atoms with Crippen LogP contribution in [0.5, 0.6) is 5.75 Å². The lowest BCUT2D eigenvalue weighted by Crippen LogP contribution is -2.42. The van der Waals surface area contributed by atoms with Crippen LogP contribution in [-0.2, 0) is 17.8 Å². The van der Waals surface area contributed by atoms with Gasteiger partial charge in [0.25, 0.3) is 5.91 Å². The molecule has 6 nitrogen and oxygen atoms in total. The molecule has 0 spiro atoms. The maximum Gasteiger partial charge on any atom is 0.326 e. The van der Waals surface area contributed by atoms with Crippen LogP contribution in [0.2, 0.25) is 0 Å². The number of benzene rings is 2. The Morgan fingerprint density at radius 2 is 1.71 bits per heavy atom. The number of hydrogen-bond donors (Lipinski definition) is 2. The molecule has 6 heteroatoms. The Morgan fingerprint density at radius 3 is 2.36 bits per heavy atom. The lowest BCUT2D eigenvalue weighted by atomic mass is 10.1. The van der Waals surface area contributed by atoms with Gasteiger partial charge in [-0.15, -0.1) is 0 Å². The number of aromatic nitrogens is 1. The van der Waals surface area contributed by atoms with E-state index in [0.29, 0.717) is 17.9 Å². The van der Waals surface area contributed by atoms with Crippen LogP contribution in [0.3, 0.4) is 0 Å². The number of nitrogens with zero attached hydrogens (tertiary/aromatic N) is 1. The van der Waals surface area contributed by atoms with Crippen molar-refractivity contribution in [3.63, 3.8) is 0 Å². The third-order valence-corrected chi connectivity index (χ3v) is 4.14. The number of carbonyl (C=O) groups excluding carboxylic acids is 1. The van der Waals surface area contributed by atoms with Gasteiger partial charge in [0.2, 0.25) is 0 Å². The van der Waals surface area contributed by atoms with Crippen molar-refractivity contribution in [3.8, 4) is 5.75 Å². The van der Waals surface area contributed by atoms with Crippen molar-refractivity contribution in [1.29, 1.82) is 0 Å². The van der Waals surface area contributed by atoms with Gasteiger partial charge in [0.1, 0.15) is 18.4 Å². The predicted octanol–water partition coefficient (Wildman–Crippen LogP) is 3.09. The van der Waals surface area contributed by atoms with Crippen molar-refractivity contribution in [2.45, 2.75) is 19.1 Å². The Bertz CT molecular complexity index is 912. The summed E-state index contributed by atoms with van der Waals surface area (Å²) in [6, 6.07) is 19.2. The lowest BCUT2D eigenvalue weighted by Gasteiger charge is -2.15. The summed E-state index contributed by atoms with van der Waals surface area (Å²) in [5.41, 5.74) is 2.17. The van der Waals surface area contributed by atoms with E-state index in [1.165, 1.54) is 6.20 Å². The smallest absolute Gasteiger partial charge is 0.326 e. The molecule has 0 radical (unpaired) electrons. The number of carbonyl (C=O) groups is 2. The molecule has 1 amide bonds. The van der Waals surface area contributed by atoms with Crippen molar-refractivity contribution < 1.29 is 19.4 Å². The number of pyridine rings is 1. The monoisotopic (exact) mass is 376 g/mol. The third kappa shape index (κ3) is 5.41. The SMILES string of the molecule is O=C(N[C@@H](Cc1ccc(OCc2ccccc2)cc1)C(=O)O)c1cccnc1. The molecule has 0 saturated heterocycles. The summed E-state index contributed by atoms with van der Waals surface area (Å²) < 4.78 is 5.73. The first kappa shape index (κ1) is 19.1. The molecule has 28 heavy (non-hydrogen) atoms. The molecule has 0 aliphatic heterocycles. The van der Waals surface area contributed by atoms with E-state index < -0.39 is 17.9 Å². The second kappa shape index (κ2) is 9.32. The fourth-order valence-electron chi connectivity index (χ4n) is 2.64. The molecule has 142 valence electrons. The molecule has 2 N–H and O–H groups in total. The molecule has 0 saturated carbocycles. The number of carboxylic acid groups (broad SMARTS) is 1. The topological polar surface area (TPSA) is 88.5 Å². The van der Waals surface area contributed by atoms with Crippen molar-refractivity contribution in [3.05, 3.63) is 95.8 Å². The molecule has 1 heterocycles. The summed E-state index contributed by atoms with van der Waals surface area (Å²) in [4.78, 5) is 27.6. The summed E-state index contributed by atoms with van der Waals surface area (Å²) in [7, 11) is 0. The van der Waals surface area contributed by atoms with Gasteiger partial charge in [-0.2, -0.15) is 0 Å². The Labute approximate surface area is 162 Å². The van der Waals surface area contributed by atoms with Crippen molar-refractivity contribution in [2.24, 2.45) is 0 Å². The Kier molecular flexibility index (Phi) is 6.36. The van der Waals surface area contributed by atoms with Crippen molar-refractivity contribution in [2.75, 3.05) is 0 Å². The third-order valence-electron chi connectivity index (χ3n) is 4.14. The zero-order valence-electron chi connectivity index (χ0n) is 15.1. The van der Waals surface area contributed by atoms with E-state index in [2.05, 4.69) is 10.3 Å². The van der Waals surface area contributed by atoms with Crippen LogP contribution in [0.15, 0.2) is 79.1 Å². The van der Waals surface area contributed by atoms with Gasteiger partial charge in [0, 0.05) is 18.8 Å². The van der Waals surface area contributed by atoms with E-state index in [0.717, 1.165) is 11.1 Å². The molecule has 0 fully saturated rings. The minimum Gasteiger partial charge on any atom is -0.489 e. The Hall–Kier alpha value is -3.67. The zero-order valence-corrected chi connectivity index (χ0v) is 15.1. The highest BCUT2D eigenvalue weighted by atomic mass is 16.5. The van der Waals surface area contributed by atoms with Gasteiger partial charge in [0.05, 0.1) is 5.56 Å². The molecule has 0 aliphatic carbocycles. The summed E-state index contributed by atoms with van der Waals surface area (Å²) in [5.74, 6) is -0.871. The molecular formula is C22H20N2O4. The van der Waals surface area contributed by atoms with Gasteiger partial charge in [-0.25, -0.2) is 4.79 Å². The Balaban J connectivity index is 1.59. The molecule has 1 aromatic heterocycles. The van der Waals surface area contributed by atoms with Gasteiger partial charge < -0.3 is 15.2 Å². The second-order valence-corrected chi connectivity index (χ2v) is 6.23. The standard InChI is InChI=1S/C22H20N2O4/c25-21(18-7-4-12-23-14-18)24-20(22(26)27)13-16-8-10-19(11-9-16)28-15-17-5-2-1-3-6-17/h1-12,14,20H,13,15H2,(H,24,25)(H,26,27)/t20-/m0/s1. The van der Waals surface area contributed by atoms with Gasteiger partial charge in [-0.3, -0.25) is 9.78 Å². The van der Waals surface area contributed by atoms with E-state index >= 15 is 0 Å². The van der Waals surface area contributed by atoms with E-state index in [9.17, 15) is 14.7 Å². The van der Waals surface area contributed by atoms with Crippen LogP contribution in [0.1, 0.15) is 21.5 Å². The van der Waals surface area contributed by atoms with Gasteiger partial charge in [-0.1, -0.05) is 42.5 Å². The first-order chi connectivity index (χ1) is 13.6. The first-order valence-electron chi connectivity index (χ1n) is 8.81. The number of aliphatic carboxylic acids is 1. The van der Waals surface area contributed by atoms with Gasteiger partial charge in [-0.05, 0) is 35.4 Å². The second-order valence-electron chi connectivity index (χ2n) is 6.23. The van der Waals surface area contributed by atoms with Crippen molar-refractivity contribution in [1.82, 2.24) is 10.3 Å². The van der Waals surface area contributed by atoms with Crippen LogP contribution in [0, 0.1) is 0 Å². The van der Waals surface area contributed by atoms with Crippen LogP contribution in [0.4, 0.5) is 0 Å². The molecule has 2 aromatic carbocycles. The average molecular weight is 376 g/mol. The van der Waals surface area contributed by atoms with E-state index in [-0.39, 0.29) is 6.42 Å². The highest BCUT2D eigenvalue weighted by Crippen LogP contribution is 2.15. The molecule has 1 atom stereocenters. The molecule has 0 aliphatic rings.